The molecule has 0 bridgehead atoms. The highest BCUT2D eigenvalue weighted by Gasteiger charge is 2.44. The lowest BCUT2D eigenvalue weighted by molar-refractivity contribution is -0.134. The van der Waals surface area contributed by atoms with Crippen molar-refractivity contribution >= 4 is 11.8 Å². The van der Waals surface area contributed by atoms with Gasteiger partial charge < -0.3 is 11.1 Å². The van der Waals surface area contributed by atoms with Crippen LogP contribution >= 0.6 is 0 Å². The number of carbonyl (C=O) groups is 2. The zero-order valence-electron chi connectivity index (χ0n) is 19.9. The molecule has 0 saturated carbocycles. The molecule has 2 aromatic rings. The van der Waals surface area contributed by atoms with Gasteiger partial charge in [-0.3, -0.25) is 19.7 Å². The number of nitrogens with zero attached hydrogens (tertiary/aromatic N) is 1. The number of benzene rings is 2. The van der Waals surface area contributed by atoms with E-state index in [1.807, 2.05) is 12.1 Å². The minimum Gasteiger partial charge on any atom is -0.338 e. The Balaban J connectivity index is 1.60. The Hall–Kier alpha value is -3.76. The number of halogens is 2. The molecular weight excluding hydrogens is 466 g/mol. The van der Waals surface area contributed by atoms with Crippen LogP contribution in [-0.2, 0) is 11.3 Å². The lowest BCUT2D eigenvalue weighted by Gasteiger charge is -2.32. The van der Waals surface area contributed by atoms with Gasteiger partial charge in [-0.1, -0.05) is 24.0 Å². The second-order valence-electron chi connectivity index (χ2n) is 8.81. The molecule has 3 rings (SSSR count). The zero-order valence-corrected chi connectivity index (χ0v) is 19.9. The molecule has 2 atom stereocenters. The Kier molecular flexibility index (Phi) is 9.15. The molecule has 0 aromatic heterocycles. The molecule has 1 aliphatic rings. The number of amides is 2. The topological polar surface area (TPSA) is 108 Å². The average Bonchev–Trinajstić information content (AvgIpc) is 3.38. The minimum absolute atomic E-state index is 0.0986. The summed E-state index contributed by atoms with van der Waals surface area (Å²) in [7, 11) is 0. The van der Waals surface area contributed by atoms with Gasteiger partial charge in [-0.15, -0.1) is 0 Å². The van der Waals surface area contributed by atoms with E-state index in [2.05, 4.69) is 46.0 Å². The number of alkyl halides is 2. The third-order valence-corrected chi connectivity index (χ3v) is 5.92. The molecular formula is C27H28F2N4O3. The molecule has 2 amide bonds. The Morgan fingerprint density at radius 3 is 2.06 bits per heavy atom. The fraction of sp³-hybridized carbons (Fsp3) is 0.333. The average molecular weight is 495 g/mol. The van der Waals surface area contributed by atoms with Crippen molar-refractivity contribution < 1.29 is 23.6 Å². The van der Waals surface area contributed by atoms with Gasteiger partial charge in [0.05, 0.1) is 0 Å². The van der Waals surface area contributed by atoms with Crippen molar-refractivity contribution in [3.8, 4) is 23.7 Å². The monoisotopic (exact) mass is 494 g/mol. The van der Waals surface area contributed by atoms with Crippen LogP contribution in [0.2, 0.25) is 0 Å². The summed E-state index contributed by atoms with van der Waals surface area (Å²) < 4.78 is 26.5. The summed E-state index contributed by atoms with van der Waals surface area (Å²) in [6.07, 6.45) is -0.611. The Morgan fingerprint density at radius 1 is 1.03 bits per heavy atom. The van der Waals surface area contributed by atoms with Gasteiger partial charge in [0.1, 0.15) is 11.6 Å². The summed E-state index contributed by atoms with van der Waals surface area (Å²) in [5, 5.41) is 11.0. The molecule has 2 aromatic carbocycles. The van der Waals surface area contributed by atoms with Crippen molar-refractivity contribution in [3.05, 3.63) is 70.8 Å². The quantitative estimate of drug-likeness (QED) is 0.268. The maximum atomic E-state index is 13.2. The molecule has 188 valence electrons. The summed E-state index contributed by atoms with van der Waals surface area (Å²) in [6.45, 7) is 4.15. The van der Waals surface area contributed by atoms with Gasteiger partial charge in [-0.25, -0.2) is 14.3 Å². The first-order valence-electron chi connectivity index (χ1n) is 11.5. The smallest absolute Gasteiger partial charge is 0.268 e. The van der Waals surface area contributed by atoms with E-state index in [4.69, 9.17) is 10.9 Å². The SMILES string of the molecule is CC(N)(C(F)F)C(NC(=O)c1ccc(C#CC#Cc2ccc(CN3CCCC3)cc2)cc1)C(=O)NO. The van der Waals surface area contributed by atoms with Gasteiger partial charge in [-0.2, -0.15) is 0 Å². The van der Waals surface area contributed by atoms with Crippen molar-refractivity contribution in [2.45, 2.75) is 44.3 Å². The fourth-order valence-corrected chi connectivity index (χ4v) is 3.71. The van der Waals surface area contributed by atoms with Crippen molar-refractivity contribution in [1.29, 1.82) is 0 Å². The van der Waals surface area contributed by atoms with Gasteiger partial charge in [0.15, 0.2) is 0 Å². The molecule has 1 saturated heterocycles. The number of hydrogen-bond acceptors (Lipinski definition) is 5. The van der Waals surface area contributed by atoms with E-state index in [0.29, 0.717) is 5.56 Å². The van der Waals surface area contributed by atoms with E-state index >= 15 is 0 Å². The molecule has 9 heteroatoms. The van der Waals surface area contributed by atoms with Crippen LogP contribution in [0.1, 0.15) is 46.8 Å². The second-order valence-corrected chi connectivity index (χ2v) is 8.81. The van der Waals surface area contributed by atoms with Gasteiger partial charge in [0.2, 0.25) is 0 Å². The van der Waals surface area contributed by atoms with Crippen LogP contribution in [-0.4, -0.2) is 53.0 Å². The van der Waals surface area contributed by atoms with Crippen LogP contribution in [0.15, 0.2) is 48.5 Å². The summed E-state index contributed by atoms with van der Waals surface area (Å²) in [6, 6.07) is 12.2. The van der Waals surface area contributed by atoms with E-state index in [0.717, 1.165) is 32.1 Å². The number of nitrogens with one attached hydrogen (secondary N) is 2. The number of hydrogen-bond donors (Lipinski definition) is 4. The predicted molar refractivity (Wildman–Crippen MR) is 131 cm³/mol. The largest absolute Gasteiger partial charge is 0.338 e. The van der Waals surface area contributed by atoms with Crippen LogP contribution < -0.4 is 16.5 Å². The predicted octanol–water partition coefficient (Wildman–Crippen LogP) is 2.27. The first-order valence-corrected chi connectivity index (χ1v) is 11.5. The zero-order chi connectivity index (χ0) is 26.1. The van der Waals surface area contributed by atoms with Crippen LogP contribution in [0.4, 0.5) is 8.78 Å². The summed E-state index contributed by atoms with van der Waals surface area (Å²) >= 11 is 0. The summed E-state index contributed by atoms with van der Waals surface area (Å²) in [5.74, 6) is 9.36. The van der Waals surface area contributed by atoms with Crippen LogP contribution in [0.5, 0.6) is 0 Å². The molecule has 2 unspecified atom stereocenters. The minimum atomic E-state index is -3.13. The second kappa shape index (κ2) is 12.3. The number of carbonyl (C=O) groups excluding carboxylic acids is 2. The van der Waals surface area contributed by atoms with E-state index in [1.165, 1.54) is 36.0 Å². The highest BCUT2D eigenvalue weighted by molar-refractivity contribution is 5.98. The van der Waals surface area contributed by atoms with Crippen molar-refractivity contribution in [1.82, 2.24) is 15.7 Å². The molecule has 7 nitrogen and oxygen atoms in total. The molecule has 1 aliphatic heterocycles. The van der Waals surface area contributed by atoms with Gasteiger partial charge >= 0.3 is 0 Å². The summed E-state index contributed by atoms with van der Waals surface area (Å²) in [4.78, 5) is 26.7. The van der Waals surface area contributed by atoms with Crippen LogP contribution in [0.25, 0.3) is 0 Å². The van der Waals surface area contributed by atoms with Crippen molar-refractivity contribution in [3.63, 3.8) is 0 Å². The van der Waals surface area contributed by atoms with Crippen molar-refractivity contribution in [2.75, 3.05) is 13.1 Å². The van der Waals surface area contributed by atoms with E-state index in [-0.39, 0.29) is 5.56 Å². The van der Waals surface area contributed by atoms with Crippen molar-refractivity contribution in [2.24, 2.45) is 5.73 Å². The lowest BCUT2D eigenvalue weighted by atomic mass is 9.92. The van der Waals surface area contributed by atoms with E-state index < -0.39 is 29.8 Å². The van der Waals surface area contributed by atoms with E-state index in [1.54, 1.807) is 12.1 Å². The maximum Gasteiger partial charge on any atom is 0.268 e. The number of nitrogens with two attached hydrogens (primary N) is 1. The third kappa shape index (κ3) is 7.12. The number of hydroxylamine groups is 1. The first kappa shape index (κ1) is 26.8. The fourth-order valence-electron chi connectivity index (χ4n) is 3.71. The molecule has 1 fully saturated rings. The standard InChI is InChI=1S/C27H28F2N4O3/c1-27(30,26(28)29)23(25(35)32-36)31-24(34)22-14-12-20(13-15-22)7-3-2-6-19-8-10-21(11-9-19)18-33-16-4-5-17-33/h8-15,23,26,36H,4-5,16-18,30H2,1H3,(H,31,34)(H,32,35). The molecule has 0 radical (unpaired) electrons. The first-order chi connectivity index (χ1) is 17.2. The molecule has 0 aliphatic carbocycles. The lowest BCUT2D eigenvalue weighted by Crippen LogP contribution is -2.66. The Morgan fingerprint density at radius 2 is 1.56 bits per heavy atom. The van der Waals surface area contributed by atoms with Gasteiger partial charge in [0, 0.05) is 23.2 Å². The highest BCUT2D eigenvalue weighted by atomic mass is 19.3. The third-order valence-electron chi connectivity index (χ3n) is 5.92. The molecule has 0 spiro atoms. The molecule has 5 N–H and O–H groups in total. The van der Waals surface area contributed by atoms with Gasteiger partial charge in [-0.05, 0) is 86.7 Å². The molecule has 36 heavy (non-hydrogen) atoms. The summed E-state index contributed by atoms with van der Waals surface area (Å²) in [5.41, 5.74) is 7.16. The van der Waals surface area contributed by atoms with Gasteiger partial charge in [0.25, 0.3) is 18.2 Å². The normalized spacial score (nSPS) is 15.6. The number of rotatable bonds is 7. The van der Waals surface area contributed by atoms with Crippen LogP contribution in [0.3, 0.4) is 0 Å². The highest BCUT2D eigenvalue weighted by Crippen LogP contribution is 2.18. The van der Waals surface area contributed by atoms with E-state index in [9.17, 15) is 18.4 Å². The molecule has 1 heterocycles. The van der Waals surface area contributed by atoms with Crippen LogP contribution in [0, 0.1) is 23.7 Å². The maximum absolute atomic E-state index is 13.2. The number of likely N-dealkylation sites (tertiary alicyclic amines) is 1. The Bertz CT molecular complexity index is 1180. The Labute approximate surface area is 209 Å².